The van der Waals surface area contributed by atoms with Crippen LogP contribution >= 0.6 is 0 Å². The Labute approximate surface area is 334 Å². The summed E-state index contributed by atoms with van der Waals surface area (Å²) in [4.78, 5) is 9.69. The highest BCUT2D eigenvalue weighted by molar-refractivity contribution is 6.96. The van der Waals surface area contributed by atoms with Crippen LogP contribution in [0, 0.1) is 23.7 Å². The van der Waals surface area contributed by atoms with Crippen LogP contribution in [-0.2, 0) is 0 Å². The predicted octanol–water partition coefficient (Wildman–Crippen LogP) is 11.2. The van der Waals surface area contributed by atoms with E-state index < -0.39 is 8.07 Å². The molecule has 0 spiro atoms. The van der Waals surface area contributed by atoms with E-state index in [1.54, 1.807) is 0 Å². The van der Waals surface area contributed by atoms with Crippen molar-refractivity contribution >= 4 is 42.0 Å². The van der Waals surface area contributed by atoms with E-state index in [1.165, 1.54) is 55.4 Å². The SMILES string of the molecule is CCN(CC)c1cc(C#CC2=C(c3ccccc3)C(c3ccccc3)=C(C#Cc3cc(N(CC)CC)cc(N(CC)CC)c3)[Si]2(C)C)cc(N(CC)CC)c1. The van der Waals surface area contributed by atoms with E-state index in [-0.39, 0.29) is 0 Å². The molecule has 1 heterocycles. The van der Waals surface area contributed by atoms with E-state index >= 15 is 0 Å². The third kappa shape index (κ3) is 9.07. The first-order valence-electron chi connectivity index (χ1n) is 20.6. The van der Waals surface area contributed by atoms with Crippen LogP contribution in [0.1, 0.15) is 77.6 Å². The van der Waals surface area contributed by atoms with Gasteiger partial charge in [-0.1, -0.05) is 97.4 Å². The van der Waals surface area contributed by atoms with Crippen molar-refractivity contribution in [3.8, 4) is 23.7 Å². The molecule has 1 aliphatic rings. The van der Waals surface area contributed by atoms with Gasteiger partial charge in [0.2, 0.25) is 0 Å². The van der Waals surface area contributed by atoms with Crippen LogP contribution in [0.25, 0.3) is 11.1 Å². The first-order valence-corrected chi connectivity index (χ1v) is 23.6. The zero-order valence-corrected chi connectivity index (χ0v) is 36.2. The van der Waals surface area contributed by atoms with Crippen molar-refractivity contribution < 1.29 is 0 Å². The van der Waals surface area contributed by atoms with Crippen molar-refractivity contribution in [3.05, 3.63) is 130 Å². The van der Waals surface area contributed by atoms with Gasteiger partial charge >= 0.3 is 0 Å². The Balaban J connectivity index is 1.77. The topological polar surface area (TPSA) is 13.0 Å². The molecule has 0 aromatic heterocycles. The minimum Gasteiger partial charge on any atom is -0.372 e. The van der Waals surface area contributed by atoms with Crippen molar-refractivity contribution in [2.75, 3.05) is 72.0 Å². The van der Waals surface area contributed by atoms with Gasteiger partial charge in [-0.2, -0.15) is 0 Å². The van der Waals surface area contributed by atoms with Crippen LogP contribution in [-0.4, -0.2) is 60.4 Å². The van der Waals surface area contributed by atoms with Crippen molar-refractivity contribution in [2.45, 2.75) is 68.5 Å². The maximum atomic E-state index is 3.88. The highest BCUT2D eigenvalue weighted by Crippen LogP contribution is 2.48. The fraction of sp³-hybridized carbons (Fsp3) is 0.360. The normalized spacial score (nSPS) is 13.2. The molecule has 0 aliphatic carbocycles. The molecule has 0 saturated heterocycles. The lowest BCUT2D eigenvalue weighted by Gasteiger charge is -2.26. The van der Waals surface area contributed by atoms with Crippen LogP contribution in [0.2, 0.25) is 13.1 Å². The van der Waals surface area contributed by atoms with Gasteiger partial charge in [0.05, 0.1) is 0 Å². The molecule has 1 aliphatic heterocycles. The first-order chi connectivity index (χ1) is 26.7. The molecular weight excluding hydrogens is 685 g/mol. The molecule has 4 nitrogen and oxygen atoms in total. The average molecular weight is 747 g/mol. The van der Waals surface area contributed by atoms with Gasteiger partial charge in [-0.3, -0.25) is 0 Å². The van der Waals surface area contributed by atoms with E-state index in [9.17, 15) is 0 Å². The quantitative estimate of drug-likeness (QED) is 0.0941. The maximum absolute atomic E-state index is 3.88. The molecule has 5 heteroatoms. The van der Waals surface area contributed by atoms with E-state index in [0.29, 0.717) is 0 Å². The average Bonchev–Trinajstić information content (AvgIpc) is 3.43. The molecule has 0 unspecified atom stereocenters. The number of anilines is 4. The zero-order chi connectivity index (χ0) is 39.5. The Morgan fingerprint density at radius 1 is 0.382 bits per heavy atom. The van der Waals surface area contributed by atoms with E-state index in [0.717, 1.165) is 63.5 Å². The Kier molecular flexibility index (Phi) is 14.2. The zero-order valence-electron chi connectivity index (χ0n) is 35.2. The molecule has 4 aromatic rings. The summed E-state index contributed by atoms with van der Waals surface area (Å²) in [5.74, 6) is 15.3. The maximum Gasteiger partial charge on any atom is 0.135 e. The molecule has 0 radical (unpaired) electrons. The summed E-state index contributed by atoms with van der Waals surface area (Å²) in [6, 6.07) is 35.5. The van der Waals surface area contributed by atoms with Crippen LogP contribution in [0.3, 0.4) is 0 Å². The van der Waals surface area contributed by atoms with Gasteiger partial charge in [0.1, 0.15) is 8.07 Å². The Morgan fingerprint density at radius 2 is 0.655 bits per heavy atom. The third-order valence-corrected chi connectivity index (χ3v) is 14.4. The molecule has 5 rings (SSSR count). The molecule has 0 atom stereocenters. The molecule has 0 fully saturated rings. The molecule has 0 bridgehead atoms. The molecule has 0 saturated carbocycles. The standard InChI is InChI=1S/C50H62N4Si/c1-11-51(12-2)43-33-39(34-44(37-43)52(13-3)14-4)29-31-47-49(41-25-21-19-22-26-41)50(42-27-23-20-24-28-42)48(55(47,9)10)32-30-40-35-45(53(15-5)16-6)38-46(36-40)54(17-7)18-8/h19-28,33-38H,11-18H2,1-10H3. The van der Waals surface area contributed by atoms with Gasteiger partial charge in [-0.05, 0) is 114 Å². The number of nitrogens with zero attached hydrogens (tertiary/aromatic N) is 4. The van der Waals surface area contributed by atoms with Gasteiger partial charge in [0, 0.05) is 96.6 Å². The number of hydrogen-bond donors (Lipinski definition) is 0. The van der Waals surface area contributed by atoms with Crippen molar-refractivity contribution in [3.63, 3.8) is 0 Å². The number of hydrogen-bond acceptors (Lipinski definition) is 4. The summed E-state index contributed by atoms with van der Waals surface area (Å²) in [7, 11) is -2.42. The second-order valence-electron chi connectivity index (χ2n) is 14.5. The summed E-state index contributed by atoms with van der Waals surface area (Å²) in [6.07, 6.45) is 0. The summed E-state index contributed by atoms with van der Waals surface area (Å²) in [5, 5.41) is 2.47. The Hall–Kier alpha value is -5.10. The van der Waals surface area contributed by atoms with Crippen molar-refractivity contribution in [1.82, 2.24) is 0 Å². The Morgan fingerprint density at radius 3 is 0.909 bits per heavy atom. The van der Waals surface area contributed by atoms with Gasteiger partial charge in [-0.15, -0.1) is 0 Å². The van der Waals surface area contributed by atoms with Crippen molar-refractivity contribution in [2.24, 2.45) is 0 Å². The third-order valence-electron chi connectivity index (χ3n) is 11.1. The monoisotopic (exact) mass is 746 g/mol. The minimum atomic E-state index is -2.42. The predicted molar refractivity (Wildman–Crippen MR) is 245 cm³/mol. The minimum absolute atomic E-state index is 0.953. The summed E-state index contributed by atoms with van der Waals surface area (Å²) in [5.41, 5.74) is 11.8. The molecule has 0 N–H and O–H groups in total. The number of rotatable bonds is 14. The number of benzene rings is 4. The summed E-state index contributed by atoms with van der Waals surface area (Å²) >= 11 is 0. The van der Waals surface area contributed by atoms with Crippen LogP contribution in [0.5, 0.6) is 0 Å². The highest BCUT2D eigenvalue weighted by Gasteiger charge is 2.41. The summed E-state index contributed by atoms with van der Waals surface area (Å²) < 4.78 is 0. The second-order valence-corrected chi connectivity index (χ2v) is 18.8. The summed E-state index contributed by atoms with van der Waals surface area (Å²) in [6.45, 7) is 30.3. The smallest absolute Gasteiger partial charge is 0.135 e. The number of allylic oxidation sites excluding steroid dienone is 4. The van der Waals surface area contributed by atoms with Crippen LogP contribution in [0.15, 0.2) is 107 Å². The molecule has 55 heavy (non-hydrogen) atoms. The van der Waals surface area contributed by atoms with E-state index in [1.807, 2.05) is 0 Å². The molecule has 4 aromatic carbocycles. The van der Waals surface area contributed by atoms with Crippen LogP contribution < -0.4 is 19.6 Å². The van der Waals surface area contributed by atoms with E-state index in [2.05, 4.69) is 209 Å². The fourth-order valence-electron chi connectivity index (χ4n) is 7.91. The largest absolute Gasteiger partial charge is 0.372 e. The lowest BCUT2D eigenvalue weighted by molar-refractivity contribution is 0.851. The second kappa shape index (κ2) is 19.0. The lowest BCUT2D eigenvalue weighted by atomic mass is 9.91. The van der Waals surface area contributed by atoms with Gasteiger partial charge in [0.15, 0.2) is 0 Å². The highest BCUT2D eigenvalue weighted by atomic mass is 28.3. The van der Waals surface area contributed by atoms with Crippen molar-refractivity contribution in [1.29, 1.82) is 0 Å². The first kappa shape index (κ1) is 41.1. The van der Waals surface area contributed by atoms with Gasteiger partial charge in [0.25, 0.3) is 0 Å². The van der Waals surface area contributed by atoms with Gasteiger partial charge < -0.3 is 19.6 Å². The Bertz CT molecular complexity index is 1880. The molecule has 286 valence electrons. The fourth-order valence-corrected chi connectivity index (χ4v) is 10.7. The molecular formula is C50H62N4Si. The van der Waals surface area contributed by atoms with E-state index in [4.69, 9.17) is 0 Å². The lowest BCUT2D eigenvalue weighted by Crippen LogP contribution is -2.29. The molecule has 0 amide bonds. The van der Waals surface area contributed by atoms with Crippen LogP contribution in [0.4, 0.5) is 22.7 Å². The van der Waals surface area contributed by atoms with Gasteiger partial charge in [-0.25, -0.2) is 0 Å².